The van der Waals surface area contributed by atoms with Gasteiger partial charge < -0.3 is 5.11 Å². The molecule has 0 heterocycles. The number of ketones is 1. The Balaban J connectivity index is 1.62. The molecule has 0 atom stereocenters. The molecule has 4 rings (SSSR count). The highest BCUT2D eigenvalue weighted by Crippen LogP contribution is 2.41. The van der Waals surface area contributed by atoms with Crippen molar-refractivity contribution in [1.29, 1.82) is 0 Å². The Kier molecular flexibility index (Phi) is 5.53. The Morgan fingerprint density at radius 3 is 2.06 bits per heavy atom. The Hall–Kier alpha value is -2.87. The van der Waals surface area contributed by atoms with Crippen LogP contribution in [-0.4, -0.2) is 10.9 Å². The van der Waals surface area contributed by atoms with Crippen LogP contribution in [0.25, 0.3) is 11.1 Å². The molecule has 0 unspecified atom stereocenters. The first-order valence-corrected chi connectivity index (χ1v) is 11.6. The summed E-state index contributed by atoms with van der Waals surface area (Å²) >= 11 is 0. The molecule has 32 heavy (non-hydrogen) atoms. The second-order valence-corrected chi connectivity index (χ2v) is 11.1. The molecule has 0 saturated carbocycles. The summed E-state index contributed by atoms with van der Waals surface area (Å²) in [4.78, 5) is 13.3. The highest BCUT2D eigenvalue weighted by Gasteiger charge is 2.27. The van der Waals surface area contributed by atoms with Gasteiger partial charge in [-0.3, -0.25) is 4.79 Å². The van der Waals surface area contributed by atoms with Crippen LogP contribution in [-0.2, 0) is 23.7 Å². The van der Waals surface area contributed by atoms with Crippen molar-refractivity contribution in [1.82, 2.24) is 0 Å². The number of carbonyl (C=O) groups is 1. The number of phenols is 1. The summed E-state index contributed by atoms with van der Waals surface area (Å²) in [7, 11) is 0. The molecule has 0 radical (unpaired) electrons. The fraction of sp³-hybridized carbons (Fsp3) is 0.367. The zero-order valence-electron chi connectivity index (χ0n) is 20.2. The van der Waals surface area contributed by atoms with Crippen LogP contribution < -0.4 is 0 Å². The average Bonchev–Trinajstić information content (AvgIpc) is 3.09. The van der Waals surface area contributed by atoms with Gasteiger partial charge in [-0.1, -0.05) is 96.1 Å². The minimum absolute atomic E-state index is 0.171. The van der Waals surface area contributed by atoms with Crippen molar-refractivity contribution in [2.24, 2.45) is 0 Å². The lowest BCUT2D eigenvalue weighted by atomic mass is 9.78. The van der Waals surface area contributed by atoms with E-state index >= 15 is 0 Å². The van der Waals surface area contributed by atoms with Crippen LogP contribution in [0.1, 0.15) is 86.1 Å². The van der Waals surface area contributed by atoms with Crippen LogP contribution in [0.3, 0.4) is 0 Å². The zero-order valence-corrected chi connectivity index (χ0v) is 20.2. The van der Waals surface area contributed by atoms with Gasteiger partial charge in [-0.2, -0.15) is 0 Å². The summed E-state index contributed by atoms with van der Waals surface area (Å²) in [5.41, 5.74) is 8.42. The van der Waals surface area contributed by atoms with Gasteiger partial charge in [0.05, 0.1) is 0 Å². The average molecular weight is 427 g/mol. The molecule has 2 nitrogen and oxygen atoms in total. The maximum absolute atomic E-state index is 13.3. The van der Waals surface area contributed by atoms with E-state index in [0.717, 1.165) is 34.2 Å². The van der Waals surface area contributed by atoms with E-state index in [0.29, 0.717) is 18.6 Å². The topological polar surface area (TPSA) is 37.3 Å². The standard InChI is InChI=1S/C30H34O2/c1-29(2,3)25-16-19(17-26(28(25)32)30(4,5)6)14-15-27(31)23-13-9-12-22-21-11-8-7-10-20(21)18-24(22)23/h7-13,16-17,32H,14-15,18H2,1-6H3. The summed E-state index contributed by atoms with van der Waals surface area (Å²) in [6, 6.07) is 18.7. The molecule has 2 heteroatoms. The number of aryl methyl sites for hydroxylation is 1. The van der Waals surface area contributed by atoms with E-state index in [4.69, 9.17) is 0 Å². The van der Waals surface area contributed by atoms with Crippen LogP contribution in [0.15, 0.2) is 54.6 Å². The Labute approximate surface area is 192 Å². The maximum atomic E-state index is 13.3. The number of benzene rings is 3. The van der Waals surface area contributed by atoms with Crippen molar-refractivity contribution in [2.45, 2.75) is 71.6 Å². The zero-order chi connectivity index (χ0) is 23.3. The van der Waals surface area contributed by atoms with E-state index in [-0.39, 0.29) is 16.6 Å². The number of fused-ring (bicyclic) bond motifs is 3. The SMILES string of the molecule is CC(C)(C)c1cc(CCC(=O)c2cccc3c2Cc2ccccc2-3)cc(C(C)(C)C)c1O. The molecule has 0 spiro atoms. The summed E-state index contributed by atoms with van der Waals surface area (Å²) < 4.78 is 0. The predicted molar refractivity (Wildman–Crippen MR) is 133 cm³/mol. The van der Waals surface area contributed by atoms with Crippen molar-refractivity contribution in [2.75, 3.05) is 0 Å². The lowest BCUT2D eigenvalue weighted by Crippen LogP contribution is -2.18. The fourth-order valence-corrected chi connectivity index (χ4v) is 4.79. The third-order valence-corrected chi connectivity index (χ3v) is 6.58. The van der Waals surface area contributed by atoms with Gasteiger partial charge in [0.1, 0.15) is 5.75 Å². The van der Waals surface area contributed by atoms with Crippen LogP contribution in [0.5, 0.6) is 5.75 Å². The van der Waals surface area contributed by atoms with E-state index in [9.17, 15) is 9.90 Å². The molecule has 3 aromatic carbocycles. The summed E-state index contributed by atoms with van der Waals surface area (Å²) in [6.45, 7) is 12.7. The highest BCUT2D eigenvalue weighted by atomic mass is 16.3. The Bertz CT molecular complexity index is 1150. The number of carbonyl (C=O) groups excluding carboxylic acids is 1. The third-order valence-electron chi connectivity index (χ3n) is 6.58. The summed E-state index contributed by atoms with van der Waals surface area (Å²) in [5, 5.41) is 11.0. The van der Waals surface area contributed by atoms with Crippen LogP contribution >= 0.6 is 0 Å². The van der Waals surface area contributed by atoms with E-state index in [2.05, 4.69) is 84.0 Å². The van der Waals surface area contributed by atoms with Crippen molar-refractivity contribution in [3.63, 3.8) is 0 Å². The molecular formula is C30H34O2. The molecule has 0 saturated heterocycles. The van der Waals surface area contributed by atoms with Crippen molar-refractivity contribution < 1.29 is 9.90 Å². The minimum Gasteiger partial charge on any atom is -0.507 e. The molecule has 0 fully saturated rings. The summed E-state index contributed by atoms with van der Waals surface area (Å²) in [5.74, 6) is 0.580. The van der Waals surface area contributed by atoms with E-state index in [1.807, 2.05) is 12.1 Å². The molecule has 0 aromatic heterocycles. The Morgan fingerprint density at radius 1 is 0.844 bits per heavy atom. The van der Waals surface area contributed by atoms with Gasteiger partial charge in [-0.15, -0.1) is 0 Å². The molecular weight excluding hydrogens is 392 g/mol. The van der Waals surface area contributed by atoms with Crippen molar-refractivity contribution in [3.8, 4) is 16.9 Å². The number of aromatic hydroxyl groups is 1. The first kappa shape index (κ1) is 22.3. The van der Waals surface area contributed by atoms with Crippen molar-refractivity contribution >= 4 is 5.78 Å². The van der Waals surface area contributed by atoms with Gasteiger partial charge in [0.2, 0.25) is 0 Å². The lowest BCUT2D eigenvalue weighted by molar-refractivity contribution is 0.0982. The van der Waals surface area contributed by atoms with Crippen LogP contribution in [0.2, 0.25) is 0 Å². The maximum Gasteiger partial charge on any atom is 0.163 e. The normalized spacial score (nSPS) is 13.1. The predicted octanol–water partition coefficient (Wildman–Crippen LogP) is 7.37. The first-order valence-electron chi connectivity index (χ1n) is 11.6. The van der Waals surface area contributed by atoms with Gasteiger partial charge in [-0.25, -0.2) is 0 Å². The molecule has 0 bridgehead atoms. The molecule has 3 aromatic rings. The molecule has 1 aliphatic rings. The van der Waals surface area contributed by atoms with Gasteiger partial charge in [-0.05, 0) is 62.6 Å². The largest absolute Gasteiger partial charge is 0.507 e. The molecule has 1 aliphatic carbocycles. The van der Waals surface area contributed by atoms with Gasteiger partial charge in [0.25, 0.3) is 0 Å². The summed E-state index contributed by atoms with van der Waals surface area (Å²) in [6.07, 6.45) is 1.96. The Morgan fingerprint density at radius 2 is 1.44 bits per heavy atom. The monoisotopic (exact) mass is 426 g/mol. The van der Waals surface area contributed by atoms with Gasteiger partial charge in [0.15, 0.2) is 5.78 Å². The van der Waals surface area contributed by atoms with E-state index in [1.54, 1.807) is 0 Å². The number of hydrogen-bond donors (Lipinski definition) is 1. The second-order valence-electron chi connectivity index (χ2n) is 11.1. The molecule has 0 aliphatic heterocycles. The third kappa shape index (κ3) is 4.11. The quantitative estimate of drug-likeness (QED) is 0.346. The molecule has 166 valence electrons. The smallest absolute Gasteiger partial charge is 0.163 e. The fourth-order valence-electron chi connectivity index (χ4n) is 4.79. The van der Waals surface area contributed by atoms with Crippen molar-refractivity contribution in [3.05, 3.63) is 88.0 Å². The minimum atomic E-state index is -0.171. The number of rotatable bonds is 4. The van der Waals surface area contributed by atoms with E-state index < -0.39 is 0 Å². The first-order chi connectivity index (χ1) is 15.0. The number of hydrogen-bond acceptors (Lipinski definition) is 2. The highest BCUT2D eigenvalue weighted by molar-refractivity contribution is 6.00. The number of Topliss-reactive ketones (excluding diaryl/α,β-unsaturated/α-hetero) is 1. The van der Waals surface area contributed by atoms with Gasteiger partial charge >= 0.3 is 0 Å². The number of phenolic OH excluding ortho intramolecular Hbond substituents is 1. The molecule has 1 N–H and O–H groups in total. The van der Waals surface area contributed by atoms with Crippen LogP contribution in [0, 0.1) is 0 Å². The van der Waals surface area contributed by atoms with Gasteiger partial charge in [0, 0.05) is 12.0 Å². The van der Waals surface area contributed by atoms with E-state index in [1.165, 1.54) is 16.7 Å². The second kappa shape index (κ2) is 7.92. The van der Waals surface area contributed by atoms with Crippen LogP contribution in [0.4, 0.5) is 0 Å². The molecule has 0 amide bonds. The lowest BCUT2D eigenvalue weighted by Gasteiger charge is -2.28.